The van der Waals surface area contributed by atoms with Crippen molar-refractivity contribution < 1.29 is 23.1 Å². The van der Waals surface area contributed by atoms with Crippen LogP contribution in [0.2, 0.25) is 0 Å². The second kappa shape index (κ2) is 5.91. The standard InChI is InChI=1S/C12H20F3NO2/c1-9-3-2-5-11(7-9,8-17)16-10(18)4-6-12(13,14)15/h9,17H,2-8H2,1H3,(H,16,18). The number of aliphatic hydroxyl groups excluding tert-OH is 1. The van der Waals surface area contributed by atoms with E-state index < -0.39 is 30.5 Å². The molecule has 2 N–H and O–H groups in total. The Morgan fingerprint density at radius 3 is 2.67 bits per heavy atom. The second-order valence-corrected chi connectivity index (χ2v) is 5.30. The van der Waals surface area contributed by atoms with Crippen LogP contribution in [0.15, 0.2) is 0 Å². The zero-order chi connectivity index (χ0) is 13.8. The molecule has 0 aromatic rings. The van der Waals surface area contributed by atoms with Gasteiger partial charge in [0.25, 0.3) is 0 Å². The Morgan fingerprint density at radius 2 is 2.17 bits per heavy atom. The lowest BCUT2D eigenvalue weighted by molar-refractivity contribution is -0.145. The second-order valence-electron chi connectivity index (χ2n) is 5.30. The lowest BCUT2D eigenvalue weighted by Gasteiger charge is -2.39. The number of halogens is 3. The number of rotatable bonds is 4. The molecule has 3 nitrogen and oxygen atoms in total. The fourth-order valence-corrected chi connectivity index (χ4v) is 2.57. The predicted octanol–water partition coefficient (Wildman–Crippen LogP) is 2.39. The van der Waals surface area contributed by atoms with Gasteiger partial charge in [0.1, 0.15) is 0 Å². The minimum absolute atomic E-state index is 0.213. The predicted molar refractivity (Wildman–Crippen MR) is 60.9 cm³/mol. The molecular formula is C12H20F3NO2. The Hall–Kier alpha value is -0.780. The van der Waals surface area contributed by atoms with Gasteiger partial charge in [0, 0.05) is 6.42 Å². The van der Waals surface area contributed by atoms with Gasteiger partial charge < -0.3 is 10.4 Å². The largest absolute Gasteiger partial charge is 0.394 e. The van der Waals surface area contributed by atoms with E-state index in [1.807, 2.05) is 6.92 Å². The fourth-order valence-electron chi connectivity index (χ4n) is 2.57. The molecule has 0 aliphatic heterocycles. The number of nitrogens with one attached hydrogen (secondary N) is 1. The molecule has 0 spiro atoms. The quantitative estimate of drug-likeness (QED) is 0.821. The summed E-state index contributed by atoms with van der Waals surface area (Å²) in [5, 5.41) is 12.0. The minimum Gasteiger partial charge on any atom is -0.394 e. The molecule has 1 saturated carbocycles. The van der Waals surface area contributed by atoms with Crippen molar-refractivity contribution in [3.63, 3.8) is 0 Å². The summed E-state index contributed by atoms with van der Waals surface area (Å²) in [6.07, 6.45) is -2.84. The van der Waals surface area contributed by atoms with E-state index in [4.69, 9.17) is 0 Å². The molecule has 1 fully saturated rings. The minimum atomic E-state index is -4.32. The van der Waals surface area contributed by atoms with Crippen LogP contribution in [-0.2, 0) is 4.79 Å². The van der Waals surface area contributed by atoms with E-state index >= 15 is 0 Å². The third-order valence-corrected chi connectivity index (χ3v) is 3.43. The van der Waals surface area contributed by atoms with E-state index in [-0.39, 0.29) is 6.61 Å². The van der Waals surface area contributed by atoms with Crippen LogP contribution in [0.5, 0.6) is 0 Å². The molecule has 1 amide bonds. The van der Waals surface area contributed by atoms with Crippen LogP contribution in [-0.4, -0.2) is 29.3 Å². The molecule has 0 saturated heterocycles. The average Bonchev–Trinajstić information content (AvgIpc) is 2.25. The van der Waals surface area contributed by atoms with Crippen molar-refractivity contribution in [3.05, 3.63) is 0 Å². The van der Waals surface area contributed by atoms with Gasteiger partial charge in [0.2, 0.25) is 5.91 Å². The molecule has 1 aliphatic rings. The molecule has 2 atom stereocenters. The summed E-state index contributed by atoms with van der Waals surface area (Å²) < 4.78 is 36.0. The van der Waals surface area contributed by atoms with Gasteiger partial charge in [-0.3, -0.25) is 4.79 Å². The van der Waals surface area contributed by atoms with Crippen LogP contribution in [0.1, 0.15) is 45.4 Å². The molecule has 0 heterocycles. The van der Waals surface area contributed by atoms with Crippen LogP contribution >= 0.6 is 0 Å². The number of amides is 1. The molecule has 6 heteroatoms. The Bertz CT molecular complexity index is 294. The fraction of sp³-hybridized carbons (Fsp3) is 0.917. The first-order valence-electron chi connectivity index (χ1n) is 6.25. The topological polar surface area (TPSA) is 49.3 Å². The molecule has 1 aliphatic carbocycles. The summed E-state index contributed by atoms with van der Waals surface area (Å²) in [4.78, 5) is 11.5. The number of hydrogen-bond acceptors (Lipinski definition) is 2. The van der Waals surface area contributed by atoms with Gasteiger partial charge in [0.05, 0.1) is 18.6 Å². The molecule has 106 valence electrons. The Morgan fingerprint density at radius 1 is 1.50 bits per heavy atom. The van der Waals surface area contributed by atoms with Crippen LogP contribution in [0.25, 0.3) is 0 Å². The summed E-state index contributed by atoms with van der Waals surface area (Å²) >= 11 is 0. The van der Waals surface area contributed by atoms with Crippen LogP contribution < -0.4 is 5.32 Å². The first kappa shape index (κ1) is 15.3. The van der Waals surface area contributed by atoms with E-state index in [1.54, 1.807) is 0 Å². The first-order valence-corrected chi connectivity index (χ1v) is 6.25. The maximum absolute atomic E-state index is 12.0. The Kier molecular flexibility index (Phi) is 5.01. The molecule has 0 bridgehead atoms. The maximum atomic E-state index is 12.0. The summed E-state index contributed by atoms with van der Waals surface area (Å²) in [6.45, 7) is 1.81. The summed E-state index contributed by atoms with van der Waals surface area (Å²) in [5.74, 6) is -0.260. The molecule has 0 radical (unpaired) electrons. The van der Waals surface area contributed by atoms with Gasteiger partial charge in [-0.25, -0.2) is 0 Å². The third-order valence-electron chi connectivity index (χ3n) is 3.43. The summed E-state index contributed by atoms with van der Waals surface area (Å²) in [5.41, 5.74) is -0.722. The molecular weight excluding hydrogens is 247 g/mol. The number of carbonyl (C=O) groups excluding carboxylic acids is 1. The average molecular weight is 267 g/mol. The number of carbonyl (C=O) groups is 1. The lowest BCUT2D eigenvalue weighted by Crippen LogP contribution is -2.53. The van der Waals surface area contributed by atoms with Crippen molar-refractivity contribution in [2.24, 2.45) is 5.92 Å². The SMILES string of the molecule is CC1CCCC(CO)(NC(=O)CCC(F)(F)F)C1. The number of aliphatic hydroxyl groups is 1. The molecule has 18 heavy (non-hydrogen) atoms. The van der Waals surface area contributed by atoms with E-state index in [0.29, 0.717) is 18.8 Å². The van der Waals surface area contributed by atoms with Gasteiger partial charge in [0.15, 0.2) is 0 Å². The highest BCUT2D eigenvalue weighted by Crippen LogP contribution is 2.32. The highest BCUT2D eigenvalue weighted by atomic mass is 19.4. The van der Waals surface area contributed by atoms with Crippen molar-refractivity contribution in [2.75, 3.05) is 6.61 Å². The molecule has 0 aromatic heterocycles. The summed E-state index contributed by atoms with van der Waals surface area (Å²) in [7, 11) is 0. The van der Waals surface area contributed by atoms with Gasteiger partial charge in [-0.15, -0.1) is 0 Å². The van der Waals surface area contributed by atoms with E-state index in [1.165, 1.54) is 0 Å². The van der Waals surface area contributed by atoms with Crippen molar-refractivity contribution in [3.8, 4) is 0 Å². The third kappa shape index (κ3) is 4.84. The first-order chi connectivity index (χ1) is 8.26. The zero-order valence-corrected chi connectivity index (χ0v) is 10.5. The smallest absolute Gasteiger partial charge is 0.389 e. The van der Waals surface area contributed by atoms with Crippen molar-refractivity contribution >= 4 is 5.91 Å². The van der Waals surface area contributed by atoms with Crippen LogP contribution in [0, 0.1) is 5.92 Å². The van der Waals surface area contributed by atoms with Gasteiger partial charge in [-0.1, -0.05) is 19.8 Å². The highest BCUT2D eigenvalue weighted by Gasteiger charge is 2.36. The summed E-state index contributed by atoms with van der Waals surface area (Å²) in [6, 6.07) is 0. The normalized spacial score (nSPS) is 29.1. The molecule has 2 unspecified atom stereocenters. The number of hydrogen-bond donors (Lipinski definition) is 2. The highest BCUT2D eigenvalue weighted by molar-refractivity contribution is 5.76. The van der Waals surface area contributed by atoms with Crippen molar-refractivity contribution in [1.82, 2.24) is 5.32 Å². The van der Waals surface area contributed by atoms with E-state index in [9.17, 15) is 23.1 Å². The van der Waals surface area contributed by atoms with Crippen LogP contribution in [0.4, 0.5) is 13.2 Å². The van der Waals surface area contributed by atoms with E-state index in [0.717, 1.165) is 12.8 Å². The Balaban J connectivity index is 2.49. The van der Waals surface area contributed by atoms with Gasteiger partial charge >= 0.3 is 6.18 Å². The Labute approximate surface area is 105 Å². The lowest BCUT2D eigenvalue weighted by atomic mass is 9.76. The maximum Gasteiger partial charge on any atom is 0.389 e. The van der Waals surface area contributed by atoms with Crippen molar-refractivity contribution in [1.29, 1.82) is 0 Å². The van der Waals surface area contributed by atoms with E-state index in [2.05, 4.69) is 5.32 Å². The van der Waals surface area contributed by atoms with Crippen molar-refractivity contribution in [2.45, 2.75) is 57.2 Å². The number of alkyl halides is 3. The van der Waals surface area contributed by atoms with Gasteiger partial charge in [-0.05, 0) is 18.8 Å². The van der Waals surface area contributed by atoms with Gasteiger partial charge in [-0.2, -0.15) is 13.2 Å². The monoisotopic (exact) mass is 267 g/mol. The zero-order valence-electron chi connectivity index (χ0n) is 10.5. The van der Waals surface area contributed by atoms with Crippen LogP contribution in [0.3, 0.4) is 0 Å². The molecule has 0 aromatic carbocycles. The molecule has 1 rings (SSSR count).